The highest BCUT2D eigenvalue weighted by atomic mass is 35.5. The first-order valence-electron chi connectivity index (χ1n) is 6.90. The second kappa shape index (κ2) is 7.34. The van der Waals surface area contributed by atoms with Gasteiger partial charge in [0.05, 0.1) is 6.04 Å². The monoisotopic (exact) mass is 312 g/mol. The molecule has 2 rings (SSSR count). The molecule has 110 valence electrons. The number of carbonyl (C=O) groups is 1. The number of carbonyl (C=O) groups excluding carboxylic acids is 1. The Bertz CT molecular complexity index is 444. The van der Waals surface area contributed by atoms with Gasteiger partial charge in [0, 0.05) is 22.2 Å². The van der Waals surface area contributed by atoms with Gasteiger partial charge in [0.2, 0.25) is 5.91 Å². The van der Waals surface area contributed by atoms with Gasteiger partial charge in [-0.2, -0.15) is 0 Å². The summed E-state index contributed by atoms with van der Waals surface area (Å²) >= 11 is 7.57. The molecule has 1 aliphatic carbocycles. The van der Waals surface area contributed by atoms with Crippen molar-refractivity contribution in [2.24, 2.45) is 5.92 Å². The molecule has 1 fully saturated rings. The summed E-state index contributed by atoms with van der Waals surface area (Å²) in [6.07, 6.45) is 2.35. The number of halogens is 1. The summed E-state index contributed by atoms with van der Waals surface area (Å²) in [6, 6.07) is 7.81. The molecule has 1 N–H and O–H groups in total. The van der Waals surface area contributed by atoms with E-state index < -0.39 is 0 Å². The van der Waals surface area contributed by atoms with E-state index in [0.29, 0.717) is 12.5 Å². The van der Waals surface area contributed by atoms with Crippen LogP contribution in [0.4, 0.5) is 0 Å². The minimum atomic E-state index is 0.0375. The van der Waals surface area contributed by atoms with Crippen molar-refractivity contribution in [3.63, 3.8) is 0 Å². The molecule has 1 amide bonds. The van der Waals surface area contributed by atoms with E-state index in [9.17, 15) is 4.79 Å². The van der Waals surface area contributed by atoms with Crippen LogP contribution in [0.2, 0.25) is 5.02 Å². The molecule has 5 heteroatoms. The zero-order chi connectivity index (χ0) is 14.5. The third-order valence-electron chi connectivity index (χ3n) is 3.38. The van der Waals surface area contributed by atoms with Crippen molar-refractivity contribution in [1.29, 1.82) is 0 Å². The lowest BCUT2D eigenvalue weighted by Gasteiger charge is -2.23. The van der Waals surface area contributed by atoms with Gasteiger partial charge in [-0.25, -0.2) is 0 Å². The fourth-order valence-corrected chi connectivity index (χ4v) is 3.16. The van der Waals surface area contributed by atoms with E-state index in [-0.39, 0.29) is 11.9 Å². The Hall–Kier alpha value is -0.710. The highest BCUT2D eigenvalue weighted by molar-refractivity contribution is 7.99. The van der Waals surface area contributed by atoms with E-state index in [1.54, 1.807) is 11.8 Å². The standard InChI is InChI=1S/C15H21ClN2OS/c1-18(2)14(11-3-4-11)15(19)17-9-10-20-13-7-5-12(16)6-8-13/h5-8,11,14H,3-4,9-10H2,1-2H3,(H,17,19). The van der Waals surface area contributed by atoms with Crippen LogP contribution < -0.4 is 5.32 Å². The average Bonchev–Trinajstić information content (AvgIpc) is 3.21. The summed E-state index contributed by atoms with van der Waals surface area (Å²) in [5.74, 6) is 1.58. The molecule has 0 aliphatic heterocycles. The van der Waals surface area contributed by atoms with Gasteiger partial charge >= 0.3 is 0 Å². The van der Waals surface area contributed by atoms with Crippen molar-refractivity contribution in [1.82, 2.24) is 10.2 Å². The largest absolute Gasteiger partial charge is 0.354 e. The zero-order valence-electron chi connectivity index (χ0n) is 11.9. The third-order valence-corrected chi connectivity index (χ3v) is 4.64. The van der Waals surface area contributed by atoms with Crippen LogP contribution in [0.5, 0.6) is 0 Å². The van der Waals surface area contributed by atoms with Crippen LogP contribution in [0.25, 0.3) is 0 Å². The fraction of sp³-hybridized carbons (Fsp3) is 0.533. The number of hydrogen-bond acceptors (Lipinski definition) is 3. The van der Waals surface area contributed by atoms with Crippen LogP contribution in [-0.2, 0) is 4.79 Å². The molecule has 1 aliphatic rings. The van der Waals surface area contributed by atoms with Gasteiger partial charge in [-0.3, -0.25) is 9.69 Å². The first kappa shape index (κ1) is 15.7. The topological polar surface area (TPSA) is 32.3 Å². The third kappa shape index (κ3) is 4.69. The number of nitrogens with one attached hydrogen (secondary N) is 1. The van der Waals surface area contributed by atoms with Crippen LogP contribution in [0, 0.1) is 5.92 Å². The fourth-order valence-electron chi connectivity index (χ4n) is 2.26. The van der Waals surface area contributed by atoms with Gasteiger partial charge < -0.3 is 5.32 Å². The number of thioether (sulfide) groups is 1. The molecule has 3 nitrogen and oxygen atoms in total. The summed E-state index contributed by atoms with van der Waals surface area (Å²) in [4.78, 5) is 15.3. The molecule has 1 aromatic rings. The van der Waals surface area contributed by atoms with Gasteiger partial charge in [0.1, 0.15) is 0 Å². The lowest BCUT2D eigenvalue weighted by Crippen LogP contribution is -2.45. The lowest BCUT2D eigenvalue weighted by molar-refractivity contribution is -0.126. The van der Waals surface area contributed by atoms with E-state index in [1.807, 2.05) is 43.3 Å². The van der Waals surface area contributed by atoms with Gasteiger partial charge in [-0.15, -0.1) is 11.8 Å². The Balaban J connectivity index is 1.69. The molecule has 0 spiro atoms. The van der Waals surface area contributed by atoms with Crippen LogP contribution in [0.15, 0.2) is 29.2 Å². The molecule has 1 atom stereocenters. The molecule has 0 radical (unpaired) electrons. The SMILES string of the molecule is CN(C)C(C(=O)NCCSc1ccc(Cl)cc1)C1CC1. The van der Waals surface area contributed by atoms with Gasteiger partial charge in [0.25, 0.3) is 0 Å². The van der Waals surface area contributed by atoms with Crippen LogP contribution in [0.1, 0.15) is 12.8 Å². The first-order valence-corrected chi connectivity index (χ1v) is 8.27. The summed E-state index contributed by atoms with van der Waals surface area (Å²) in [6.45, 7) is 0.698. The Morgan fingerprint density at radius 2 is 2.05 bits per heavy atom. The normalized spacial score (nSPS) is 16.2. The molecule has 0 bridgehead atoms. The molecule has 20 heavy (non-hydrogen) atoms. The molecule has 1 aromatic carbocycles. The maximum absolute atomic E-state index is 12.1. The molecule has 1 saturated carbocycles. The number of hydrogen-bond donors (Lipinski definition) is 1. The number of amides is 1. The minimum Gasteiger partial charge on any atom is -0.354 e. The first-order chi connectivity index (χ1) is 9.58. The minimum absolute atomic E-state index is 0.0375. The van der Waals surface area contributed by atoms with E-state index in [4.69, 9.17) is 11.6 Å². The Labute approximate surface area is 130 Å². The van der Waals surface area contributed by atoms with Crippen LogP contribution in [0.3, 0.4) is 0 Å². The summed E-state index contributed by atoms with van der Waals surface area (Å²) < 4.78 is 0. The summed E-state index contributed by atoms with van der Waals surface area (Å²) in [5.41, 5.74) is 0. The van der Waals surface area contributed by atoms with Gasteiger partial charge in [-0.1, -0.05) is 11.6 Å². The molecule has 1 unspecified atom stereocenters. The Morgan fingerprint density at radius 1 is 1.40 bits per heavy atom. The number of benzene rings is 1. The summed E-state index contributed by atoms with van der Waals surface area (Å²) in [7, 11) is 3.95. The predicted molar refractivity (Wildman–Crippen MR) is 85.4 cm³/mol. The quantitative estimate of drug-likeness (QED) is 0.620. The number of likely N-dealkylation sites (N-methyl/N-ethyl adjacent to an activating group) is 1. The zero-order valence-corrected chi connectivity index (χ0v) is 13.5. The molecular weight excluding hydrogens is 292 g/mol. The van der Waals surface area contributed by atoms with Crippen molar-refractivity contribution in [2.75, 3.05) is 26.4 Å². The van der Waals surface area contributed by atoms with Crippen molar-refractivity contribution in [3.8, 4) is 0 Å². The van der Waals surface area contributed by atoms with E-state index in [2.05, 4.69) is 5.32 Å². The highest BCUT2D eigenvalue weighted by Gasteiger charge is 2.37. The van der Waals surface area contributed by atoms with Crippen molar-refractivity contribution in [3.05, 3.63) is 29.3 Å². The predicted octanol–water partition coefficient (Wildman–Crippen LogP) is 2.89. The Morgan fingerprint density at radius 3 is 2.60 bits per heavy atom. The molecule has 0 heterocycles. The van der Waals surface area contributed by atoms with Crippen LogP contribution >= 0.6 is 23.4 Å². The van der Waals surface area contributed by atoms with Crippen molar-refractivity contribution >= 4 is 29.3 Å². The van der Waals surface area contributed by atoms with E-state index >= 15 is 0 Å². The molecule has 0 aromatic heterocycles. The molecular formula is C15H21ClN2OS. The highest BCUT2D eigenvalue weighted by Crippen LogP contribution is 2.34. The number of rotatable bonds is 7. The Kier molecular flexibility index (Phi) is 5.75. The average molecular weight is 313 g/mol. The van der Waals surface area contributed by atoms with Gasteiger partial charge in [0.15, 0.2) is 0 Å². The van der Waals surface area contributed by atoms with Crippen LogP contribution in [-0.4, -0.2) is 43.2 Å². The van der Waals surface area contributed by atoms with Crippen molar-refractivity contribution < 1.29 is 4.79 Å². The lowest BCUT2D eigenvalue weighted by atomic mass is 10.1. The van der Waals surface area contributed by atoms with Gasteiger partial charge in [-0.05, 0) is 57.1 Å². The maximum Gasteiger partial charge on any atom is 0.237 e. The second-order valence-electron chi connectivity index (χ2n) is 5.34. The molecule has 0 saturated heterocycles. The maximum atomic E-state index is 12.1. The van der Waals surface area contributed by atoms with E-state index in [1.165, 1.54) is 17.7 Å². The second-order valence-corrected chi connectivity index (χ2v) is 6.94. The smallest absolute Gasteiger partial charge is 0.237 e. The van der Waals surface area contributed by atoms with E-state index in [0.717, 1.165) is 10.8 Å². The number of nitrogens with zero attached hydrogens (tertiary/aromatic N) is 1. The van der Waals surface area contributed by atoms with Crippen molar-refractivity contribution in [2.45, 2.75) is 23.8 Å². The summed E-state index contributed by atoms with van der Waals surface area (Å²) in [5, 5.41) is 3.79.